The summed E-state index contributed by atoms with van der Waals surface area (Å²) in [6, 6.07) is 10.6. The van der Waals surface area contributed by atoms with Crippen LogP contribution >= 0.6 is 11.6 Å². The Morgan fingerprint density at radius 2 is 2.00 bits per heavy atom. The third-order valence-electron chi connectivity index (χ3n) is 3.60. The summed E-state index contributed by atoms with van der Waals surface area (Å²) in [7, 11) is 0. The van der Waals surface area contributed by atoms with Gasteiger partial charge in [0.15, 0.2) is 0 Å². The van der Waals surface area contributed by atoms with Crippen LogP contribution < -0.4 is 5.32 Å². The number of nitrogens with zero attached hydrogens (tertiary/aromatic N) is 2. The summed E-state index contributed by atoms with van der Waals surface area (Å²) in [5.74, 6) is 0.794. The van der Waals surface area contributed by atoms with Crippen LogP contribution in [0.25, 0.3) is 0 Å². The lowest BCUT2D eigenvalue weighted by atomic mass is 10.0. The molecule has 1 heterocycles. The summed E-state index contributed by atoms with van der Waals surface area (Å²) in [4.78, 5) is 14.8. The lowest BCUT2D eigenvalue weighted by Gasteiger charge is -2.19. The summed E-state index contributed by atoms with van der Waals surface area (Å²) >= 11 is 5.92. The van der Waals surface area contributed by atoms with Gasteiger partial charge in [-0.3, -0.25) is 10.1 Å². The number of aromatic nitrogens is 1. The monoisotopic (exact) mass is 303 g/mol. The number of halogens is 1. The van der Waals surface area contributed by atoms with Crippen LogP contribution in [-0.4, -0.2) is 9.91 Å². The number of hydrogen-bond acceptors (Lipinski definition) is 4. The van der Waals surface area contributed by atoms with Gasteiger partial charge in [-0.1, -0.05) is 23.7 Å². The lowest BCUT2D eigenvalue weighted by molar-refractivity contribution is -0.384. The van der Waals surface area contributed by atoms with Gasteiger partial charge in [-0.15, -0.1) is 0 Å². The smallest absolute Gasteiger partial charge is 0.311 e. The highest BCUT2D eigenvalue weighted by Crippen LogP contribution is 2.43. The van der Waals surface area contributed by atoms with Gasteiger partial charge in [0, 0.05) is 17.3 Å². The zero-order valence-electron chi connectivity index (χ0n) is 11.2. The minimum Gasteiger partial charge on any atom is -0.357 e. The molecule has 1 saturated carbocycles. The van der Waals surface area contributed by atoms with Crippen molar-refractivity contribution in [3.63, 3.8) is 0 Å². The predicted octanol–water partition coefficient (Wildman–Crippen LogP) is 4.21. The van der Waals surface area contributed by atoms with Gasteiger partial charge in [0.1, 0.15) is 0 Å². The van der Waals surface area contributed by atoms with Gasteiger partial charge in [-0.25, -0.2) is 4.98 Å². The molecule has 0 bridgehead atoms. The molecule has 6 heteroatoms. The van der Waals surface area contributed by atoms with Crippen LogP contribution in [0, 0.1) is 16.0 Å². The van der Waals surface area contributed by atoms with Gasteiger partial charge in [0.05, 0.1) is 11.0 Å². The van der Waals surface area contributed by atoms with Crippen molar-refractivity contribution in [2.75, 3.05) is 5.32 Å². The van der Waals surface area contributed by atoms with Crippen molar-refractivity contribution in [1.29, 1.82) is 0 Å². The van der Waals surface area contributed by atoms with Crippen LogP contribution in [0.4, 0.5) is 11.5 Å². The Kier molecular flexibility index (Phi) is 3.75. The van der Waals surface area contributed by atoms with E-state index in [0.29, 0.717) is 16.8 Å². The van der Waals surface area contributed by atoms with Crippen molar-refractivity contribution < 1.29 is 4.92 Å². The predicted molar refractivity (Wildman–Crippen MR) is 81.4 cm³/mol. The van der Waals surface area contributed by atoms with E-state index in [4.69, 9.17) is 11.6 Å². The standard InChI is InChI=1S/C15H14ClN3O2/c16-12-7-5-11(6-8-12)14(10-3-4-10)18-15-13(19(20)21)2-1-9-17-15/h1-2,5-10,14H,3-4H2,(H,17,18). The summed E-state index contributed by atoms with van der Waals surface area (Å²) in [5.41, 5.74) is 1.07. The highest BCUT2D eigenvalue weighted by molar-refractivity contribution is 6.30. The highest BCUT2D eigenvalue weighted by Gasteiger charge is 2.33. The van der Waals surface area contributed by atoms with Crippen LogP contribution in [0.1, 0.15) is 24.4 Å². The Labute approximate surface area is 127 Å². The molecule has 0 radical (unpaired) electrons. The van der Waals surface area contributed by atoms with Crippen molar-refractivity contribution in [2.24, 2.45) is 5.92 Å². The summed E-state index contributed by atoms with van der Waals surface area (Å²) in [6.45, 7) is 0. The fraction of sp³-hybridized carbons (Fsp3) is 0.267. The number of nitro groups is 1. The third kappa shape index (κ3) is 3.13. The van der Waals surface area contributed by atoms with Crippen molar-refractivity contribution in [3.8, 4) is 0 Å². The zero-order chi connectivity index (χ0) is 14.8. The van der Waals surface area contributed by atoms with Crippen molar-refractivity contribution in [1.82, 2.24) is 4.98 Å². The van der Waals surface area contributed by atoms with E-state index in [-0.39, 0.29) is 11.7 Å². The maximum absolute atomic E-state index is 11.1. The molecule has 2 aromatic rings. The molecule has 1 N–H and O–H groups in total. The Morgan fingerprint density at radius 1 is 1.29 bits per heavy atom. The average Bonchev–Trinajstić information content (AvgIpc) is 3.31. The molecular formula is C15H14ClN3O2. The molecular weight excluding hydrogens is 290 g/mol. The molecule has 1 fully saturated rings. The summed E-state index contributed by atoms with van der Waals surface area (Å²) < 4.78 is 0. The van der Waals surface area contributed by atoms with Gasteiger partial charge < -0.3 is 5.32 Å². The van der Waals surface area contributed by atoms with E-state index in [9.17, 15) is 10.1 Å². The fourth-order valence-corrected chi connectivity index (χ4v) is 2.50. The molecule has 3 rings (SSSR count). The Hall–Kier alpha value is -2.14. The SMILES string of the molecule is O=[N+]([O-])c1cccnc1NC(c1ccc(Cl)cc1)C1CC1. The van der Waals surface area contributed by atoms with Crippen LogP contribution in [0.2, 0.25) is 5.02 Å². The normalized spacial score (nSPS) is 15.5. The van der Waals surface area contributed by atoms with Crippen molar-refractivity contribution in [3.05, 3.63) is 63.3 Å². The first-order valence-corrected chi connectivity index (χ1v) is 7.14. The van der Waals surface area contributed by atoms with Gasteiger partial charge in [0.2, 0.25) is 5.82 Å². The van der Waals surface area contributed by atoms with E-state index in [0.717, 1.165) is 18.4 Å². The zero-order valence-corrected chi connectivity index (χ0v) is 12.0. The first-order valence-electron chi connectivity index (χ1n) is 6.76. The third-order valence-corrected chi connectivity index (χ3v) is 3.85. The molecule has 21 heavy (non-hydrogen) atoms. The summed E-state index contributed by atoms with van der Waals surface area (Å²) in [5, 5.41) is 15.0. The topological polar surface area (TPSA) is 68.1 Å². The number of nitrogens with one attached hydrogen (secondary N) is 1. The van der Waals surface area contributed by atoms with Crippen molar-refractivity contribution in [2.45, 2.75) is 18.9 Å². The first-order chi connectivity index (χ1) is 10.1. The first kappa shape index (κ1) is 13.8. The molecule has 1 atom stereocenters. The molecule has 0 saturated heterocycles. The van der Waals surface area contributed by atoms with Crippen LogP contribution in [0.3, 0.4) is 0 Å². The van der Waals surface area contributed by atoms with Crippen LogP contribution in [-0.2, 0) is 0 Å². The van der Waals surface area contributed by atoms with E-state index >= 15 is 0 Å². The average molecular weight is 304 g/mol. The largest absolute Gasteiger partial charge is 0.357 e. The second-order valence-electron chi connectivity index (χ2n) is 5.14. The van der Waals surface area contributed by atoms with E-state index in [1.54, 1.807) is 12.3 Å². The number of hydrogen-bond donors (Lipinski definition) is 1. The van der Waals surface area contributed by atoms with Gasteiger partial charge in [-0.05, 0) is 42.5 Å². The highest BCUT2D eigenvalue weighted by atomic mass is 35.5. The number of benzene rings is 1. The molecule has 5 nitrogen and oxygen atoms in total. The number of rotatable bonds is 5. The van der Waals surface area contributed by atoms with E-state index in [1.807, 2.05) is 24.3 Å². The summed E-state index contributed by atoms with van der Waals surface area (Å²) in [6.07, 6.45) is 3.78. The number of pyridine rings is 1. The van der Waals surface area contributed by atoms with E-state index in [1.165, 1.54) is 6.07 Å². The Bertz CT molecular complexity index is 656. The molecule has 108 valence electrons. The second-order valence-corrected chi connectivity index (χ2v) is 5.58. The van der Waals surface area contributed by atoms with Gasteiger partial charge >= 0.3 is 5.69 Å². The van der Waals surface area contributed by atoms with Crippen molar-refractivity contribution >= 4 is 23.1 Å². The van der Waals surface area contributed by atoms with Gasteiger partial charge in [0.25, 0.3) is 0 Å². The molecule has 0 aliphatic heterocycles. The van der Waals surface area contributed by atoms with Crippen LogP contribution in [0.15, 0.2) is 42.6 Å². The molecule has 1 aliphatic rings. The van der Waals surface area contributed by atoms with Gasteiger partial charge in [-0.2, -0.15) is 0 Å². The van der Waals surface area contributed by atoms with E-state index in [2.05, 4.69) is 10.3 Å². The molecule has 0 amide bonds. The minimum absolute atomic E-state index is 0.00267. The maximum atomic E-state index is 11.1. The second kappa shape index (κ2) is 5.69. The Balaban J connectivity index is 1.90. The molecule has 1 aromatic heterocycles. The molecule has 0 spiro atoms. The molecule has 1 aromatic carbocycles. The maximum Gasteiger partial charge on any atom is 0.311 e. The fourth-order valence-electron chi connectivity index (χ4n) is 2.38. The number of anilines is 1. The Morgan fingerprint density at radius 3 is 2.62 bits per heavy atom. The minimum atomic E-state index is -0.416. The van der Waals surface area contributed by atoms with Crippen LogP contribution in [0.5, 0.6) is 0 Å². The molecule has 1 aliphatic carbocycles. The van der Waals surface area contributed by atoms with E-state index < -0.39 is 4.92 Å². The lowest BCUT2D eigenvalue weighted by Crippen LogP contribution is -2.14. The molecule has 1 unspecified atom stereocenters. The quantitative estimate of drug-likeness (QED) is 0.663.